The first-order chi connectivity index (χ1) is 9.60. The van der Waals surface area contributed by atoms with Gasteiger partial charge in [0.2, 0.25) is 0 Å². The number of carboxylic acids is 1. The molecule has 116 valence electrons. The number of hydrogen-bond donors (Lipinski definition) is 2. The average molecular weight is 305 g/mol. The largest absolute Gasteiger partial charge is 0.479 e. The zero-order chi connectivity index (χ0) is 16.3. The Hall–Kier alpha value is -2.09. The summed E-state index contributed by atoms with van der Waals surface area (Å²) in [5.74, 6) is -2.12. The Bertz CT molecular complexity index is 527. The maximum atomic E-state index is 12.4. The monoisotopic (exact) mass is 305 g/mol. The van der Waals surface area contributed by atoms with Crippen molar-refractivity contribution < 1.29 is 32.6 Å². The Morgan fingerprint density at radius 1 is 1.24 bits per heavy atom. The predicted molar refractivity (Wildman–Crippen MR) is 66.8 cm³/mol. The van der Waals surface area contributed by atoms with E-state index in [1.807, 2.05) is 0 Å². The Kier molecular flexibility index (Phi) is 4.95. The fraction of sp³-hybridized carbons (Fsp3) is 0.385. The minimum atomic E-state index is -4.50. The minimum Gasteiger partial charge on any atom is -0.479 e. The second-order valence-electron chi connectivity index (χ2n) is 4.60. The van der Waals surface area contributed by atoms with Gasteiger partial charge < -0.3 is 15.2 Å². The molecule has 5 nitrogen and oxygen atoms in total. The first-order valence-electron chi connectivity index (χ1n) is 5.82. The highest BCUT2D eigenvalue weighted by atomic mass is 19.4. The van der Waals surface area contributed by atoms with Crippen LogP contribution in [0, 0.1) is 0 Å². The lowest BCUT2D eigenvalue weighted by Crippen LogP contribution is -2.55. The molecule has 1 rings (SSSR count). The summed E-state index contributed by atoms with van der Waals surface area (Å²) in [5.41, 5.74) is -2.64. The highest BCUT2D eigenvalue weighted by Gasteiger charge is 2.35. The molecule has 0 aromatic heterocycles. The molecule has 0 radical (unpaired) electrons. The Morgan fingerprint density at radius 3 is 2.14 bits per heavy atom. The molecule has 0 fully saturated rings. The van der Waals surface area contributed by atoms with E-state index >= 15 is 0 Å². The van der Waals surface area contributed by atoms with Crippen LogP contribution in [-0.2, 0) is 15.7 Å². The van der Waals surface area contributed by atoms with E-state index < -0.39 is 29.2 Å². The van der Waals surface area contributed by atoms with Gasteiger partial charge in [-0.05, 0) is 31.2 Å². The first-order valence-corrected chi connectivity index (χ1v) is 5.82. The number of benzene rings is 1. The first kappa shape index (κ1) is 17.0. The normalized spacial score (nSPS) is 14.3. The number of alkyl halides is 3. The average Bonchev–Trinajstić information content (AvgIpc) is 2.37. The molecule has 2 N–H and O–H groups in total. The van der Waals surface area contributed by atoms with Crippen LogP contribution >= 0.6 is 0 Å². The van der Waals surface area contributed by atoms with Crippen LogP contribution in [0.1, 0.15) is 22.8 Å². The maximum Gasteiger partial charge on any atom is 0.416 e. The van der Waals surface area contributed by atoms with Crippen molar-refractivity contribution in [2.24, 2.45) is 0 Å². The van der Waals surface area contributed by atoms with E-state index in [2.05, 4.69) is 5.32 Å². The summed E-state index contributed by atoms with van der Waals surface area (Å²) < 4.78 is 41.9. The van der Waals surface area contributed by atoms with Crippen molar-refractivity contribution in [2.45, 2.75) is 18.6 Å². The molecule has 0 saturated carbocycles. The number of hydrogen-bond acceptors (Lipinski definition) is 3. The minimum absolute atomic E-state index is 0.0772. The summed E-state index contributed by atoms with van der Waals surface area (Å²) in [4.78, 5) is 23.0. The third-order valence-corrected chi connectivity index (χ3v) is 2.77. The number of ether oxygens (including phenoxy) is 1. The van der Waals surface area contributed by atoms with Crippen molar-refractivity contribution in [3.8, 4) is 0 Å². The van der Waals surface area contributed by atoms with Gasteiger partial charge in [0.25, 0.3) is 5.91 Å². The molecule has 21 heavy (non-hydrogen) atoms. The number of halogens is 3. The third-order valence-electron chi connectivity index (χ3n) is 2.77. The van der Waals surface area contributed by atoms with Gasteiger partial charge in [-0.15, -0.1) is 0 Å². The van der Waals surface area contributed by atoms with Crippen LogP contribution in [-0.4, -0.2) is 36.2 Å². The zero-order valence-corrected chi connectivity index (χ0v) is 11.3. The molecular weight excluding hydrogens is 291 g/mol. The summed E-state index contributed by atoms with van der Waals surface area (Å²) >= 11 is 0. The van der Waals surface area contributed by atoms with Crippen LogP contribution in [0.15, 0.2) is 24.3 Å². The topological polar surface area (TPSA) is 75.6 Å². The fourth-order valence-electron chi connectivity index (χ4n) is 1.57. The van der Waals surface area contributed by atoms with Crippen molar-refractivity contribution in [3.63, 3.8) is 0 Å². The van der Waals surface area contributed by atoms with Gasteiger partial charge in [-0.1, -0.05) is 0 Å². The molecule has 0 bridgehead atoms. The lowest BCUT2D eigenvalue weighted by molar-refractivity contribution is -0.146. The summed E-state index contributed by atoms with van der Waals surface area (Å²) in [7, 11) is 1.27. The number of amides is 1. The van der Waals surface area contributed by atoms with Crippen molar-refractivity contribution in [1.29, 1.82) is 0 Å². The molecule has 0 saturated heterocycles. The number of methoxy groups -OCH3 is 1. The fourth-order valence-corrected chi connectivity index (χ4v) is 1.57. The van der Waals surface area contributed by atoms with E-state index in [1.165, 1.54) is 14.0 Å². The van der Waals surface area contributed by atoms with Crippen molar-refractivity contribution in [3.05, 3.63) is 35.4 Å². The van der Waals surface area contributed by atoms with Gasteiger partial charge in [-0.25, -0.2) is 4.79 Å². The molecule has 0 aliphatic carbocycles. The summed E-state index contributed by atoms with van der Waals surface area (Å²) in [6, 6.07) is 3.47. The van der Waals surface area contributed by atoms with Gasteiger partial charge in [-0.3, -0.25) is 4.79 Å². The van der Waals surface area contributed by atoms with Crippen molar-refractivity contribution in [1.82, 2.24) is 5.32 Å². The van der Waals surface area contributed by atoms with Gasteiger partial charge in [-0.2, -0.15) is 13.2 Å². The van der Waals surface area contributed by atoms with E-state index in [0.29, 0.717) is 0 Å². The zero-order valence-electron chi connectivity index (χ0n) is 11.3. The molecule has 0 aliphatic rings. The number of carboxylic acid groups (broad SMARTS) is 1. The van der Waals surface area contributed by atoms with Gasteiger partial charge >= 0.3 is 12.1 Å². The van der Waals surface area contributed by atoms with Gasteiger partial charge in [0.15, 0.2) is 5.54 Å². The third kappa shape index (κ3) is 4.19. The summed E-state index contributed by atoms with van der Waals surface area (Å²) in [6.45, 7) is 0.954. The van der Waals surface area contributed by atoms with Crippen molar-refractivity contribution >= 4 is 11.9 Å². The second kappa shape index (κ2) is 6.13. The molecule has 8 heteroatoms. The van der Waals surface area contributed by atoms with E-state index in [-0.39, 0.29) is 12.2 Å². The molecule has 1 unspecified atom stereocenters. The lowest BCUT2D eigenvalue weighted by atomic mass is 10.0. The number of aliphatic carboxylic acids is 1. The maximum absolute atomic E-state index is 12.4. The number of rotatable bonds is 5. The summed E-state index contributed by atoms with van der Waals surface area (Å²) in [5, 5.41) is 11.3. The molecule has 1 amide bonds. The quantitative estimate of drug-likeness (QED) is 0.871. The molecule has 0 spiro atoms. The van der Waals surface area contributed by atoms with Gasteiger partial charge in [0.1, 0.15) is 0 Å². The highest BCUT2D eigenvalue weighted by molar-refractivity contribution is 5.97. The van der Waals surface area contributed by atoms with E-state index in [9.17, 15) is 22.8 Å². The Labute approximate surface area is 118 Å². The smallest absolute Gasteiger partial charge is 0.416 e. The van der Waals surface area contributed by atoms with Crippen LogP contribution in [0.4, 0.5) is 13.2 Å². The van der Waals surface area contributed by atoms with Crippen LogP contribution in [0.3, 0.4) is 0 Å². The molecule has 1 aromatic carbocycles. The van der Waals surface area contributed by atoms with E-state index in [1.54, 1.807) is 0 Å². The molecule has 0 aliphatic heterocycles. The Balaban J connectivity index is 2.91. The van der Waals surface area contributed by atoms with Crippen LogP contribution < -0.4 is 5.32 Å². The Morgan fingerprint density at radius 2 is 1.76 bits per heavy atom. The standard InChI is InChI=1S/C13H14F3NO4/c1-12(7-21-2,11(19)20)17-10(18)8-3-5-9(6-4-8)13(14,15)16/h3-6H,7H2,1-2H3,(H,17,18)(H,19,20). The molecule has 0 heterocycles. The van der Waals surface area contributed by atoms with Crippen LogP contribution in [0.5, 0.6) is 0 Å². The van der Waals surface area contributed by atoms with Crippen molar-refractivity contribution in [2.75, 3.05) is 13.7 Å². The lowest BCUT2D eigenvalue weighted by Gasteiger charge is -2.25. The SMILES string of the molecule is COCC(C)(NC(=O)c1ccc(C(F)(F)F)cc1)C(=O)O. The van der Waals surface area contributed by atoms with Gasteiger partial charge in [0.05, 0.1) is 12.2 Å². The van der Waals surface area contributed by atoms with Crippen LogP contribution in [0.25, 0.3) is 0 Å². The van der Waals surface area contributed by atoms with E-state index in [0.717, 1.165) is 24.3 Å². The molecule has 1 aromatic rings. The second-order valence-corrected chi connectivity index (χ2v) is 4.60. The van der Waals surface area contributed by atoms with Crippen LogP contribution in [0.2, 0.25) is 0 Å². The number of carbonyl (C=O) groups is 2. The molecule has 1 atom stereocenters. The number of nitrogens with one attached hydrogen (secondary N) is 1. The predicted octanol–water partition coefficient (Wildman–Crippen LogP) is 1.92. The highest BCUT2D eigenvalue weighted by Crippen LogP contribution is 2.29. The van der Waals surface area contributed by atoms with E-state index in [4.69, 9.17) is 9.84 Å². The van der Waals surface area contributed by atoms with Gasteiger partial charge in [0, 0.05) is 12.7 Å². The summed E-state index contributed by atoms with van der Waals surface area (Å²) in [6.07, 6.45) is -4.50. The number of carbonyl (C=O) groups excluding carboxylic acids is 1. The molecular formula is C13H14F3NO4.